The average molecular weight is 351 g/mol. The number of halogens is 1. The maximum absolute atomic E-state index is 4.42. The lowest BCUT2D eigenvalue weighted by atomic mass is 10.1. The van der Waals surface area contributed by atoms with Crippen molar-refractivity contribution in [2.24, 2.45) is 0 Å². The van der Waals surface area contributed by atoms with Crippen molar-refractivity contribution < 1.29 is 0 Å². The van der Waals surface area contributed by atoms with Gasteiger partial charge >= 0.3 is 0 Å². The summed E-state index contributed by atoms with van der Waals surface area (Å²) in [5.74, 6) is 1.02. The minimum atomic E-state index is 1.02. The molecule has 5 heteroatoms. The minimum Gasteiger partial charge on any atom is -0.229 e. The summed E-state index contributed by atoms with van der Waals surface area (Å²) in [6.07, 6.45) is 1.65. The highest BCUT2D eigenvalue weighted by Crippen LogP contribution is 2.37. The van der Waals surface area contributed by atoms with Gasteiger partial charge in [0, 0.05) is 15.4 Å². The molecule has 0 fully saturated rings. The van der Waals surface area contributed by atoms with Crippen LogP contribution in [0.4, 0.5) is 0 Å². The monoisotopic (exact) mass is 350 g/mol. The van der Waals surface area contributed by atoms with Crippen LogP contribution in [0.1, 0.15) is 6.92 Å². The number of nitrogens with zero attached hydrogens (tertiary/aromatic N) is 2. The molecular formula is C14H11BrN2S2. The predicted octanol–water partition coefficient (Wildman–Crippen LogP) is 5.23. The molecule has 2 aromatic heterocycles. The molecule has 2 nitrogen and oxygen atoms in total. The second-order valence-electron chi connectivity index (χ2n) is 3.95. The van der Waals surface area contributed by atoms with E-state index < -0.39 is 0 Å². The van der Waals surface area contributed by atoms with Gasteiger partial charge in [-0.05, 0) is 23.4 Å². The number of rotatable bonds is 3. The molecule has 0 saturated heterocycles. The number of hydrogen-bond donors (Lipinski definition) is 0. The molecule has 0 saturated carbocycles. The summed E-state index contributed by atoms with van der Waals surface area (Å²) in [5.41, 5.74) is 2.44. The lowest BCUT2D eigenvalue weighted by molar-refractivity contribution is 1.11. The maximum Gasteiger partial charge on any atom is 0.128 e. The zero-order valence-electron chi connectivity index (χ0n) is 10.3. The van der Waals surface area contributed by atoms with Crippen molar-refractivity contribution in [3.63, 3.8) is 0 Å². The van der Waals surface area contributed by atoms with E-state index in [1.165, 1.54) is 16.5 Å². The lowest BCUT2D eigenvalue weighted by Crippen LogP contribution is -1.85. The number of hydrogen-bond acceptors (Lipinski definition) is 4. The molecule has 0 radical (unpaired) electrons. The van der Waals surface area contributed by atoms with Crippen LogP contribution in [-0.2, 0) is 0 Å². The summed E-state index contributed by atoms with van der Waals surface area (Å²) in [6, 6.07) is 8.38. The largest absolute Gasteiger partial charge is 0.229 e. The number of fused-ring (bicyclic) bond motifs is 1. The fraction of sp³-hybridized carbons (Fsp3) is 0.143. The second-order valence-corrected chi connectivity index (χ2v) is 6.97. The number of aromatic nitrogens is 2. The van der Waals surface area contributed by atoms with Crippen LogP contribution < -0.4 is 0 Å². The fourth-order valence-corrected chi connectivity index (χ4v) is 3.93. The van der Waals surface area contributed by atoms with Crippen LogP contribution >= 0.6 is 39.0 Å². The highest BCUT2D eigenvalue weighted by Gasteiger charge is 2.12. The topological polar surface area (TPSA) is 25.8 Å². The Morgan fingerprint density at radius 3 is 2.74 bits per heavy atom. The zero-order valence-corrected chi connectivity index (χ0v) is 13.5. The van der Waals surface area contributed by atoms with Gasteiger partial charge in [0.2, 0.25) is 0 Å². The second kappa shape index (κ2) is 5.61. The highest BCUT2D eigenvalue weighted by atomic mass is 79.9. The Labute approximate surface area is 128 Å². The lowest BCUT2D eigenvalue weighted by Gasteiger charge is -2.04. The van der Waals surface area contributed by atoms with Crippen LogP contribution in [0.2, 0.25) is 0 Å². The average Bonchev–Trinajstić information content (AvgIpc) is 2.85. The van der Waals surface area contributed by atoms with E-state index >= 15 is 0 Å². The summed E-state index contributed by atoms with van der Waals surface area (Å²) in [4.78, 5) is 9.85. The third-order valence-electron chi connectivity index (χ3n) is 2.77. The Balaban J connectivity index is 2.21. The van der Waals surface area contributed by atoms with Gasteiger partial charge in [0.15, 0.2) is 0 Å². The summed E-state index contributed by atoms with van der Waals surface area (Å²) >= 11 is 6.92. The minimum absolute atomic E-state index is 1.02. The standard InChI is InChI=1S/C14H11BrN2S2/c1-2-18-13-12-11(7-19-14(12)17-8-16-13)9-3-5-10(15)6-4-9/h3-8H,2H2,1H3. The van der Waals surface area contributed by atoms with E-state index in [9.17, 15) is 0 Å². The smallest absolute Gasteiger partial charge is 0.128 e. The van der Waals surface area contributed by atoms with E-state index in [0.717, 1.165) is 20.1 Å². The van der Waals surface area contributed by atoms with Gasteiger partial charge in [-0.2, -0.15) is 0 Å². The van der Waals surface area contributed by atoms with Gasteiger partial charge in [0.25, 0.3) is 0 Å². The van der Waals surface area contributed by atoms with Crippen LogP contribution in [0.15, 0.2) is 45.5 Å². The Morgan fingerprint density at radius 1 is 1.21 bits per heavy atom. The van der Waals surface area contributed by atoms with E-state index in [4.69, 9.17) is 0 Å². The van der Waals surface area contributed by atoms with Crippen molar-refractivity contribution in [3.8, 4) is 11.1 Å². The van der Waals surface area contributed by atoms with Crippen molar-refractivity contribution >= 4 is 49.2 Å². The Bertz CT molecular complexity index is 707. The molecule has 0 N–H and O–H groups in total. The third kappa shape index (κ3) is 2.55. The van der Waals surface area contributed by atoms with Crippen molar-refractivity contribution in [2.45, 2.75) is 11.9 Å². The predicted molar refractivity (Wildman–Crippen MR) is 86.9 cm³/mol. The van der Waals surface area contributed by atoms with Crippen LogP contribution in [0.25, 0.3) is 21.3 Å². The first kappa shape index (κ1) is 13.1. The van der Waals surface area contributed by atoms with Crippen LogP contribution in [0.5, 0.6) is 0 Å². The van der Waals surface area contributed by atoms with Gasteiger partial charge in [-0.3, -0.25) is 0 Å². The molecule has 0 bridgehead atoms. The van der Waals surface area contributed by atoms with Gasteiger partial charge in [-0.15, -0.1) is 23.1 Å². The Hall–Kier alpha value is -0.910. The fourth-order valence-electron chi connectivity index (χ4n) is 1.94. The molecule has 19 heavy (non-hydrogen) atoms. The van der Waals surface area contributed by atoms with E-state index in [1.807, 2.05) is 0 Å². The van der Waals surface area contributed by atoms with Crippen LogP contribution in [0, 0.1) is 0 Å². The Morgan fingerprint density at radius 2 is 2.00 bits per heavy atom. The van der Waals surface area contributed by atoms with E-state index in [1.54, 1.807) is 29.4 Å². The number of benzene rings is 1. The first-order chi connectivity index (χ1) is 9.29. The van der Waals surface area contributed by atoms with Crippen molar-refractivity contribution in [1.29, 1.82) is 0 Å². The molecular weight excluding hydrogens is 340 g/mol. The zero-order chi connectivity index (χ0) is 13.2. The molecule has 3 aromatic rings. The SMILES string of the molecule is CCSc1ncnc2scc(-c3ccc(Br)cc3)c12. The first-order valence-electron chi connectivity index (χ1n) is 5.90. The van der Waals surface area contributed by atoms with Crippen LogP contribution in [-0.4, -0.2) is 15.7 Å². The van der Waals surface area contributed by atoms with E-state index in [0.29, 0.717) is 0 Å². The molecule has 2 heterocycles. The molecule has 0 amide bonds. The normalized spacial score (nSPS) is 11.1. The third-order valence-corrected chi connectivity index (χ3v) is 5.06. The molecule has 0 spiro atoms. The molecule has 0 atom stereocenters. The molecule has 0 aliphatic heterocycles. The molecule has 1 aromatic carbocycles. The van der Waals surface area contributed by atoms with E-state index in [2.05, 4.69) is 62.5 Å². The van der Waals surface area contributed by atoms with Gasteiger partial charge in [-0.1, -0.05) is 35.0 Å². The number of thiophene rings is 1. The molecule has 96 valence electrons. The molecule has 3 rings (SSSR count). The highest BCUT2D eigenvalue weighted by molar-refractivity contribution is 9.10. The summed E-state index contributed by atoms with van der Waals surface area (Å²) < 4.78 is 1.09. The quantitative estimate of drug-likeness (QED) is 0.477. The molecule has 0 unspecified atom stereocenters. The van der Waals surface area contributed by atoms with Crippen molar-refractivity contribution in [1.82, 2.24) is 9.97 Å². The van der Waals surface area contributed by atoms with Gasteiger partial charge in [0.05, 0.1) is 5.39 Å². The van der Waals surface area contributed by atoms with Crippen molar-refractivity contribution in [2.75, 3.05) is 5.75 Å². The van der Waals surface area contributed by atoms with Gasteiger partial charge in [-0.25, -0.2) is 9.97 Å². The van der Waals surface area contributed by atoms with Gasteiger partial charge in [0.1, 0.15) is 16.2 Å². The van der Waals surface area contributed by atoms with E-state index in [-0.39, 0.29) is 0 Å². The number of thioether (sulfide) groups is 1. The van der Waals surface area contributed by atoms with Crippen molar-refractivity contribution in [3.05, 3.63) is 40.4 Å². The summed E-state index contributed by atoms with van der Waals surface area (Å²) in [6.45, 7) is 2.14. The van der Waals surface area contributed by atoms with Gasteiger partial charge < -0.3 is 0 Å². The first-order valence-corrected chi connectivity index (χ1v) is 8.56. The maximum atomic E-state index is 4.42. The summed E-state index contributed by atoms with van der Waals surface area (Å²) in [7, 11) is 0. The summed E-state index contributed by atoms with van der Waals surface area (Å²) in [5, 5.41) is 4.43. The van der Waals surface area contributed by atoms with Crippen LogP contribution in [0.3, 0.4) is 0 Å². The molecule has 0 aliphatic carbocycles. The molecule has 0 aliphatic rings. The Kier molecular flexibility index (Phi) is 3.86.